The van der Waals surface area contributed by atoms with Crippen LogP contribution >= 0.6 is 0 Å². The van der Waals surface area contributed by atoms with Gasteiger partial charge in [-0.1, -0.05) is 6.07 Å². The van der Waals surface area contributed by atoms with Gasteiger partial charge in [-0.05, 0) is 50.9 Å². The maximum atomic E-state index is 6.25. The molecule has 1 aromatic rings. The first-order valence-corrected chi connectivity index (χ1v) is 7.26. The normalized spacial score (nSPS) is 27.0. The van der Waals surface area contributed by atoms with Gasteiger partial charge in [-0.3, -0.25) is 0 Å². The Labute approximate surface area is 114 Å². The third-order valence-electron chi connectivity index (χ3n) is 4.29. The van der Waals surface area contributed by atoms with E-state index >= 15 is 0 Å². The van der Waals surface area contributed by atoms with Crippen LogP contribution < -0.4 is 16.2 Å². The smallest absolute Gasteiger partial charge is 0.125 e. The molecule has 2 atom stereocenters. The van der Waals surface area contributed by atoms with Crippen LogP contribution in [0.4, 0.5) is 5.69 Å². The van der Waals surface area contributed by atoms with Crippen molar-refractivity contribution < 1.29 is 4.74 Å². The molecule has 0 radical (unpaired) electrons. The molecule has 0 aliphatic carbocycles. The maximum Gasteiger partial charge on any atom is 0.125 e. The minimum Gasteiger partial charge on any atom is -0.488 e. The lowest BCUT2D eigenvalue weighted by molar-refractivity contribution is 0.128. The highest BCUT2D eigenvalue weighted by Crippen LogP contribution is 2.32. The topological polar surface area (TPSA) is 64.5 Å². The van der Waals surface area contributed by atoms with Crippen molar-refractivity contribution >= 4 is 5.69 Å². The molecule has 3 rings (SSSR count). The summed E-state index contributed by atoms with van der Waals surface area (Å²) >= 11 is 0. The van der Waals surface area contributed by atoms with E-state index in [1.54, 1.807) is 0 Å². The largest absolute Gasteiger partial charge is 0.488 e. The molecule has 1 saturated heterocycles. The van der Waals surface area contributed by atoms with Crippen LogP contribution in [-0.4, -0.2) is 36.7 Å². The SMILES string of the molecule is Nc1cccc2c1CC(N)C(CCN1CCCC1)O2. The average molecular weight is 261 g/mol. The number of anilines is 1. The third kappa shape index (κ3) is 2.69. The Morgan fingerprint density at radius 3 is 2.84 bits per heavy atom. The lowest BCUT2D eigenvalue weighted by Gasteiger charge is -2.33. The quantitative estimate of drug-likeness (QED) is 0.807. The zero-order valence-electron chi connectivity index (χ0n) is 11.3. The van der Waals surface area contributed by atoms with Crippen molar-refractivity contribution in [3.8, 4) is 5.75 Å². The van der Waals surface area contributed by atoms with Gasteiger partial charge in [-0.15, -0.1) is 0 Å². The number of hydrogen-bond acceptors (Lipinski definition) is 4. The van der Waals surface area contributed by atoms with Crippen molar-refractivity contribution in [1.82, 2.24) is 4.90 Å². The van der Waals surface area contributed by atoms with E-state index in [0.717, 1.165) is 36.4 Å². The Morgan fingerprint density at radius 2 is 2.05 bits per heavy atom. The molecule has 0 spiro atoms. The van der Waals surface area contributed by atoms with Gasteiger partial charge in [0.15, 0.2) is 0 Å². The molecule has 2 unspecified atom stereocenters. The summed E-state index contributed by atoms with van der Waals surface area (Å²) in [6.45, 7) is 3.55. The Hall–Kier alpha value is -1.26. The van der Waals surface area contributed by atoms with E-state index in [1.165, 1.54) is 25.9 Å². The zero-order valence-corrected chi connectivity index (χ0v) is 11.3. The first-order chi connectivity index (χ1) is 9.24. The van der Waals surface area contributed by atoms with Crippen molar-refractivity contribution in [2.24, 2.45) is 5.73 Å². The molecular formula is C15H23N3O. The second-order valence-electron chi connectivity index (χ2n) is 5.69. The fraction of sp³-hybridized carbons (Fsp3) is 0.600. The monoisotopic (exact) mass is 261 g/mol. The number of fused-ring (bicyclic) bond motifs is 1. The fourth-order valence-electron chi connectivity index (χ4n) is 3.12. The summed E-state index contributed by atoms with van der Waals surface area (Å²) in [5, 5.41) is 0. The molecule has 2 aliphatic rings. The molecule has 0 saturated carbocycles. The summed E-state index contributed by atoms with van der Waals surface area (Å²) in [6.07, 6.45) is 4.62. The van der Waals surface area contributed by atoms with E-state index in [9.17, 15) is 0 Å². The number of rotatable bonds is 3. The molecule has 4 N–H and O–H groups in total. The predicted molar refractivity (Wildman–Crippen MR) is 77.2 cm³/mol. The standard InChI is InChI=1S/C15H23N3O/c16-12-4-3-5-14-11(12)10-13(17)15(19-14)6-9-18-7-1-2-8-18/h3-5,13,15H,1-2,6-10,16-17H2. The molecule has 0 amide bonds. The Kier molecular flexibility index (Phi) is 3.62. The molecule has 0 aromatic heterocycles. The minimum absolute atomic E-state index is 0.0554. The minimum atomic E-state index is 0.0554. The number of benzene rings is 1. The van der Waals surface area contributed by atoms with Crippen molar-refractivity contribution in [2.45, 2.75) is 37.8 Å². The summed E-state index contributed by atoms with van der Waals surface area (Å²) in [7, 11) is 0. The average Bonchev–Trinajstić information content (AvgIpc) is 2.91. The van der Waals surface area contributed by atoms with Crippen LogP contribution in [0.5, 0.6) is 5.75 Å². The Balaban J connectivity index is 1.64. The number of nitrogens with two attached hydrogens (primary N) is 2. The molecule has 4 nitrogen and oxygen atoms in total. The van der Waals surface area contributed by atoms with E-state index in [2.05, 4.69) is 4.90 Å². The predicted octanol–water partition coefficient (Wildman–Crippen LogP) is 1.39. The zero-order chi connectivity index (χ0) is 13.2. The van der Waals surface area contributed by atoms with E-state index in [1.807, 2.05) is 18.2 Å². The maximum absolute atomic E-state index is 6.25. The summed E-state index contributed by atoms with van der Waals surface area (Å²) in [6, 6.07) is 5.92. The first-order valence-electron chi connectivity index (χ1n) is 7.26. The van der Waals surface area contributed by atoms with Crippen LogP contribution in [0.3, 0.4) is 0 Å². The highest BCUT2D eigenvalue weighted by molar-refractivity contribution is 5.55. The van der Waals surface area contributed by atoms with Gasteiger partial charge in [0, 0.05) is 23.8 Å². The van der Waals surface area contributed by atoms with Crippen molar-refractivity contribution in [2.75, 3.05) is 25.4 Å². The van der Waals surface area contributed by atoms with Crippen LogP contribution in [0.15, 0.2) is 18.2 Å². The van der Waals surface area contributed by atoms with Crippen molar-refractivity contribution in [3.63, 3.8) is 0 Å². The lowest BCUT2D eigenvalue weighted by Crippen LogP contribution is -2.45. The van der Waals surface area contributed by atoms with Crippen molar-refractivity contribution in [1.29, 1.82) is 0 Å². The lowest BCUT2D eigenvalue weighted by atomic mass is 9.95. The molecule has 0 bridgehead atoms. The van der Waals surface area contributed by atoms with E-state index in [4.69, 9.17) is 16.2 Å². The van der Waals surface area contributed by atoms with Gasteiger partial charge in [0.1, 0.15) is 11.9 Å². The molecule has 104 valence electrons. The van der Waals surface area contributed by atoms with Gasteiger partial charge in [0.25, 0.3) is 0 Å². The second-order valence-corrected chi connectivity index (χ2v) is 5.69. The van der Waals surface area contributed by atoms with E-state index in [0.29, 0.717) is 0 Å². The number of hydrogen-bond donors (Lipinski definition) is 2. The van der Waals surface area contributed by atoms with Crippen LogP contribution in [0.25, 0.3) is 0 Å². The number of nitrogens with zero attached hydrogens (tertiary/aromatic N) is 1. The van der Waals surface area contributed by atoms with E-state index in [-0.39, 0.29) is 12.1 Å². The molecule has 1 aromatic carbocycles. The van der Waals surface area contributed by atoms with Crippen LogP contribution in [0.1, 0.15) is 24.8 Å². The molecular weight excluding hydrogens is 238 g/mol. The summed E-state index contributed by atoms with van der Waals surface area (Å²) in [4.78, 5) is 2.50. The van der Waals surface area contributed by atoms with Gasteiger partial charge >= 0.3 is 0 Å². The molecule has 19 heavy (non-hydrogen) atoms. The van der Waals surface area contributed by atoms with Gasteiger partial charge < -0.3 is 21.1 Å². The summed E-state index contributed by atoms with van der Waals surface area (Å²) in [5.41, 5.74) is 14.1. The van der Waals surface area contributed by atoms with Crippen molar-refractivity contribution in [3.05, 3.63) is 23.8 Å². The van der Waals surface area contributed by atoms with Gasteiger partial charge in [-0.25, -0.2) is 0 Å². The summed E-state index contributed by atoms with van der Waals surface area (Å²) < 4.78 is 6.05. The van der Waals surface area contributed by atoms with Crippen LogP contribution in [-0.2, 0) is 6.42 Å². The molecule has 4 heteroatoms. The van der Waals surface area contributed by atoms with Crippen LogP contribution in [0.2, 0.25) is 0 Å². The van der Waals surface area contributed by atoms with Crippen LogP contribution in [0, 0.1) is 0 Å². The highest BCUT2D eigenvalue weighted by atomic mass is 16.5. The first kappa shape index (κ1) is 12.8. The van der Waals surface area contributed by atoms with Gasteiger partial charge in [0.05, 0.1) is 0 Å². The third-order valence-corrected chi connectivity index (χ3v) is 4.29. The molecule has 2 heterocycles. The second kappa shape index (κ2) is 5.39. The van der Waals surface area contributed by atoms with Gasteiger partial charge in [0.2, 0.25) is 0 Å². The summed E-state index contributed by atoms with van der Waals surface area (Å²) in [5.74, 6) is 0.924. The highest BCUT2D eigenvalue weighted by Gasteiger charge is 2.28. The van der Waals surface area contributed by atoms with Gasteiger partial charge in [-0.2, -0.15) is 0 Å². The Bertz CT molecular complexity index is 443. The van der Waals surface area contributed by atoms with E-state index < -0.39 is 0 Å². The fourth-order valence-corrected chi connectivity index (χ4v) is 3.12. The number of likely N-dealkylation sites (tertiary alicyclic amines) is 1. The molecule has 2 aliphatic heterocycles. The number of nitrogen functional groups attached to an aromatic ring is 1. The number of ether oxygens (including phenoxy) is 1. The Morgan fingerprint density at radius 1 is 1.26 bits per heavy atom. The molecule has 1 fully saturated rings.